The second kappa shape index (κ2) is 7.15. The van der Waals surface area contributed by atoms with Crippen LogP contribution in [0.4, 0.5) is 5.69 Å². The number of nitrogens with one attached hydrogen (secondary N) is 1. The molecular weight excluding hydrogens is 352 g/mol. The first-order valence-electron chi connectivity index (χ1n) is 8.94. The van der Waals surface area contributed by atoms with Gasteiger partial charge in [0.25, 0.3) is 5.91 Å². The third-order valence-electron chi connectivity index (χ3n) is 4.48. The fourth-order valence-corrected chi connectivity index (χ4v) is 3.12. The van der Waals surface area contributed by atoms with Crippen molar-refractivity contribution in [1.82, 2.24) is 14.8 Å². The van der Waals surface area contributed by atoms with E-state index in [4.69, 9.17) is 4.74 Å². The van der Waals surface area contributed by atoms with Gasteiger partial charge in [0, 0.05) is 5.56 Å². The summed E-state index contributed by atoms with van der Waals surface area (Å²) in [6.07, 6.45) is 3.77. The summed E-state index contributed by atoms with van der Waals surface area (Å²) < 4.78 is 6.81. The Labute approximate surface area is 163 Å². The Hall–Kier alpha value is -3.67. The van der Waals surface area contributed by atoms with Gasteiger partial charge in [0.1, 0.15) is 11.4 Å². The number of aromatic nitrogens is 3. The number of hydrogen-bond acceptors (Lipinski definition) is 4. The van der Waals surface area contributed by atoms with Crippen LogP contribution in [0.25, 0.3) is 29.2 Å². The van der Waals surface area contributed by atoms with E-state index in [1.807, 2.05) is 74.5 Å². The predicted octanol–water partition coefficient (Wildman–Crippen LogP) is 4.33. The third-order valence-corrected chi connectivity index (χ3v) is 4.48. The van der Waals surface area contributed by atoms with Crippen LogP contribution in [-0.4, -0.2) is 27.8 Å². The van der Waals surface area contributed by atoms with Crippen LogP contribution in [0.3, 0.4) is 0 Å². The molecule has 140 valence electrons. The second-order valence-corrected chi connectivity index (χ2v) is 6.66. The molecule has 0 saturated heterocycles. The fourth-order valence-electron chi connectivity index (χ4n) is 3.12. The number of carbonyl (C=O) groups is 1. The largest absolute Gasteiger partial charge is 0.497 e. The molecule has 28 heavy (non-hydrogen) atoms. The number of anilines is 1. The molecule has 0 spiro atoms. The topological polar surface area (TPSA) is 69.0 Å². The van der Waals surface area contributed by atoms with Crippen molar-refractivity contribution in [3.05, 3.63) is 65.5 Å². The Morgan fingerprint density at radius 2 is 1.82 bits per heavy atom. The van der Waals surface area contributed by atoms with Gasteiger partial charge in [-0.15, -0.1) is 5.10 Å². The zero-order valence-electron chi connectivity index (χ0n) is 15.9. The molecule has 1 amide bonds. The lowest BCUT2D eigenvalue weighted by Crippen LogP contribution is -2.17. The van der Waals surface area contributed by atoms with Crippen LogP contribution in [-0.2, 0) is 4.79 Å². The van der Waals surface area contributed by atoms with Crippen molar-refractivity contribution >= 4 is 29.4 Å². The molecule has 4 rings (SSSR count). The van der Waals surface area contributed by atoms with Gasteiger partial charge in [-0.2, -0.15) is 0 Å². The molecule has 0 saturated carbocycles. The minimum Gasteiger partial charge on any atom is -0.497 e. The smallest absolute Gasteiger partial charge is 0.274 e. The van der Waals surface area contributed by atoms with Gasteiger partial charge < -0.3 is 10.1 Å². The highest BCUT2D eigenvalue weighted by Crippen LogP contribution is 2.33. The summed E-state index contributed by atoms with van der Waals surface area (Å²) in [5, 5.41) is 7.53. The molecule has 1 aromatic heterocycles. The van der Waals surface area contributed by atoms with E-state index in [2.05, 4.69) is 15.4 Å². The SMILES string of the molecule is COc1ccc(/C=C/c2nc3n(n2)C(=C(C)C)C(=O)Nc2ccccc2-3)cc1. The zero-order valence-corrected chi connectivity index (χ0v) is 15.9. The van der Waals surface area contributed by atoms with Gasteiger partial charge in [0.15, 0.2) is 11.6 Å². The summed E-state index contributed by atoms with van der Waals surface area (Å²) in [5.41, 5.74) is 3.92. The molecular formula is C22H20N4O2. The minimum absolute atomic E-state index is 0.193. The minimum atomic E-state index is -0.193. The Kier molecular flexibility index (Phi) is 4.53. The Morgan fingerprint density at radius 3 is 2.54 bits per heavy atom. The number of carbonyl (C=O) groups excluding carboxylic acids is 1. The molecule has 6 heteroatoms. The van der Waals surface area contributed by atoms with Gasteiger partial charge in [-0.1, -0.05) is 30.3 Å². The molecule has 0 unspecified atom stereocenters. The summed E-state index contributed by atoms with van der Waals surface area (Å²) in [6, 6.07) is 15.3. The normalized spacial score (nSPS) is 13.0. The van der Waals surface area contributed by atoms with E-state index in [0.29, 0.717) is 17.3 Å². The van der Waals surface area contributed by atoms with Crippen molar-refractivity contribution in [1.29, 1.82) is 0 Å². The van der Waals surface area contributed by atoms with Gasteiger partial charge in [0.2, 0.25) is 0 Å². The summed E-state index contributed by atoms with van der Waals surface area (Å²) in [7, 11) is 1.64. The number of ether oxygens (including phenoxy) is 1. The maximum absolute atomic E-state index is 12.7. The zero-order chi connectivity index (χ0) is 19.7. The first-order valence-corrected chi connectivity index (χ1v) is 8.94. The lowest BCUT2D eigenvalue weighted by molar-refractivity contribution is -0.111. The highest BCUT2D eigenvalue weighted by molar-refractivity contribution is 6.23. The Morgan fingerprint density at radius 1 is 1.07 bits per heavy atom. The van der Waals surface area contributed by atoms with Gasteiger partial charge in [-0.05, 0) is 55.3 Å². The Bertz CT molecular complexity index is 1100. The molecule has 0 aliphatic carbocycles. The fraction of sp³-hybridized carbons (Fsp3) is 0.136. The standard InChI is InChI=1S/C22H20N4O2/c1-14(2)20-22(27)23-18-7-5-4-6-17(18)21-24-19(25-26(20)21)13-10-15-8-11-16(28-3)12-9-15/h4-13H,1-3H3,(H,23,27)/b13-10+. The molecule has 2 heterocycles. The first kappa shape index (κ1) is 17.7. The summed E-state index contributed by atoms with van der Waals surface area (Å²) in [6.45, 7) is 3.78. The number of benzene rings is 2. The number of allylic oxidation sites excluding steroid dienone is 1. The van der Waals surface area contributed by atoms with Gasteiger partial charge in [-0.25, -0.2) is 9.67 Å². The predicted molar refractivity (Wildman–Crippen MR) is 111 cm³/mol. The van der Waals surface area contributed by atoms with Gasteiger partial charge in [-0.3, -0.25) is 4.79 Å². The lowest BCUT2D eigenvalue weighted by Gasteiger charge is -2.07. The van der Waals surface area contributed by atoms with Crippen LogP contribution in [0, 0.1) is 0 Å². The van der Waals surface area contributed by atoms with E-state index in [0.717, 1.165) is 28.1 Å². The third kappa shape index (κ3) is 3.20. The van der Waals surface area contributed by atoms with Crippen molar-refractivity contribution in [3.8, 4) is 17.1 Å². The maximum Gasteiger partial charge on any atom is 0.274 e. The molecule has 1 N–H and O–H groups in total. The van der Waals surface area contributed by atoms with Crippen LogP contribution in [0.15, 0.2) is 54.1 Å². The van der Waals surface area contributed by atoms with E-state index < -0.39 is 0 Å². The summed E-state index contributed by atoms with van der Waals surface area (Å²) in [4.78, 5) is 17.4. The molecule has 0 bridgehead atoms. The van der Waals surface area contributed by atoms with E-state index in [9.17, 15) is 4.79 Å². The molecule has 1 aliphatic heterocycles. The molecule has 3 aromatic rings. The van der Waals surface area contributed by atoms with Crippen molar-refractivity contribution in [2.45, 2.75) is 13.8 Å². The number of hydrogen-bond donors (Lipinski definition) is 1. The maximum atomic E-state index is 12.7. The number of nitrogens with zero attached hydrogens (tertiary/aromatic N) is 3. The van der Waals surface area contributed by atoms with Crippen molar-refractivity contribution < 1.29 is 9.53 Å². The molecule has 1 aliphatic rings. The van der Waals surface area contributed by atoms with Crippen LogP contribution in [0.1, 0.15) is 25.2 Å². The average Bonchev–Trinajstić information content (AvgIpc) is 3.05. The first-order chi connectivity index (χ1) is 13.6. The number of amides is 1. The number of para-hydroxylation sites is 1. The quantitative estimate of drug-likeness (QED) is 0.695. The van der Waals surface area contributed by atoms with E-state index in [1.54, 1.807) is 11.8 Å². The van der Waals surface area contributed by atoms with Crippen LogP contribution in [0.2, 0.25) is 0 Å². The number of fused-ring (bicyclic) bond motifs is 3. The lowest BCUT2D eigenvalue weighted by atomic mass is 10.1. The van der Waals surface area contributed by atoms with E-state index in [1.165, 1.54) is 0 Å². The average molecular weight is 372 g/mol. The highest BCUT2D eigenvalue weighted by Gasteiger charge is 2.26. The van der Waals surface area contributed by atoms with E-state index >= 15 is 0 Å². The number of methoxy groups -OCH3 is 1. The van der Waals surface area contributed by atoms with Crippen molar-refractivity contribution in [3.63, 3.8) is 0 Å². The van der Waals surface area contributed by atoms with Crippen LogP contribution < -0.4 is 10.1 Å². The summed E-state index contributed by atoms with van der Waals surface area (Å²) >= 11 is 0. The molecule has 0 atom stereocenters. The summed E-state index contributed by atoms with van der Waals surface area (Å²) in [5.74, 6) is 1.79. The van der Waals surface area contributed by atoms with Crippen LogP contribution >= 0.6 is 0 Å². The highest BCUT2D eigenvalue weighted by atomic mass is 16.5. The van der Waals surface area contributed by atoms with Crippen LogP contribution in [0.5, 0.6) is 5.75 Å². The number of rotatable bonds is 3. The van der Waals surface area contributed by atoms with Gasteiger partial charge >= 0.3 is 0 Å². The van der Waals surface area contributed by atoms with Crippen molar-refractivity contribution in [2.24, 2.45) is 0 Å². The molecule has 6 nitrogen and oxygen atoms in total. The molecule has 2 aromatic carbocycles. The molecule has 0 radical (unpaired) electrons. The van der Waals surface area contributed by atoms with E-state index in [-0.39, 0.29) is 5.91 Å². The Balaban J connectivity index is 1.79. The van der Waals surface area contributed by atoms with Crippen molar-refractivity contribution in [2.75, 3.05) is 12.4 Å². The second-order valence-electron chi connectivity index (χ2n) is 6.66. The van der Waals surface area contributed by atoms with Gasteiger partial charge in [0.05, 0.1) is 12.8 Å². The monoisotopic (exact) mass is 372 g/mol. The molecule has 0 fully saturated rings.